The minimum Gasteiger partial charge on any atom is -0.493 e. The Morgan fingerprint density at radius 1 is 1.25 bits per heavy atom. The van der Waals surface area contributed by atoms with Gasteiger partial charge in [0.05, 0.1) is 12.5 Å². The van der Waals surface area contributed by atoms with Gasteiger partial charge in [-0.3, -0.25) is 0 Å². The van der Waals surface area contributed by atoms with Crippen LogP contribution in [0.3, 0.4) is 0 Å². The van der Waals surface area contributed by atoms with Crippen LogP contribution in [0.1, 0.15) is 0 Å². The van der Waals surface area contributed by atoms with Crippen molar-refractivity contribution in [3.63, 3.8) is 0 Å². The van der Waals surface area contributed by atoms with Crippen LogP contribution in [0.2, 0.25) is 0 Å². The van der Waals surface area contributed by atoms with Crippen molar-refractivity contribution >= 4 is 11.0 Å². The summed E-state index contributed by atoms with van der Waals surface area (Å²) in [6.45, 7) is 0.143. The van der Waals surface area contributed by atoms with Crippen molar-refractivity contribution in [3.05, 3.63) is 28.6 Å². The van der Waals surface area contributed by atoms with E-state index in [-0.39, 0.29) is 6.79 Å². The van der Waals surface area contributed by atoms with Crippen LogP contribution in [0.25, 0.3) is 11.0 Å². The van der Waals surface area contributed by atoms with E-state index in [1.165, 1.54) is 13.2 Å². The van der Waals surface area contributed by atoms with Gasteiger partial charge >= 0.3 is 5.63 Å². The summed E-state index contributed by atoms with van der Waals surface area (Å²) in [5.74, 6) is 1.59. The molecule has 16 heavy (non-hydrogen) atoms. The molecule has 0 spiro atoms. The summed E-state index contributed by atoms with van der Waals surface area (Å²) in [5.41, 5.74) is 0.0158. The molecule has 0 atom stereocenters. The van der Waals surface area contributed by atoms with E-state index in [1.807, 2.05) is 0 Å². The third-order valence-electron chi connectivity index (χ3n) is 2.43. The van der Waals surface area contributed by atoms with Gasteiger partial charge in [-0.25, -0.2) is 4.79 Å². The highest BCUT2D eigenvalue weighted by Crippen LogP contribution is 2.45. The smallest absolute Gasteiger partial charge is 0.336 e. The molecule has 0 radical (unpaired) electrons. The van der Waals surface area contributed by atoms with E-state index in [1.54, 1.807) is 12.1 Å². The standard InChI is InChI=1S/C11H8O5/c1-13-8-4-7-6(2-3-9(12)16-7)10-11(8)15-5-14-10/h2-4H,5H2,1H3. The molecule has 0 fully saturated rings. The van der Waals surface area contributed by atoms with Crippen molar-refractivity contribution in [2.75, 3.05) is 13.9 Å². The van der Waals surface area contributed by atoms with Gasteiger partial charge in [0.25, 0.3) is 0 Å². The number of ether oxygens (including phenoxy) is 3. The Hall–Kier alpha value is -2.17. The first-order valence-corrected chi connectivity index (χ1v) is 4.70. The zero-order chi connectivity index (χ0) is 11.1. The van der Waals surface area contributed by atoms with Gasteiger partial charge in [-0.1, -0.05) is 0 Å². The molecule has 0 bridgehead atoms. The summed E-state index contributed by atoms with van der Waals surface area (Å²) >= 11 is 0. The molecule has 0 N–H and O–H groups in total. The summed E-state index contributed by atoms with van der Waals surface area (Å²) in [6.07, 6.45) is 0. The Balaban J connectivity index is 2.43. The van der Waals surface area contributed by atoms with Gasteiger partial charge in [-0.15, -0.1) is 0 Å². The fraction of sp³-hybridized carbons (Fsp3) is 0.182. The highest BCUT2D eigenvalue weighted by atomic mass is 16.7. The fourth-order valence-corrected chi connectivity index (χ4v) is 1.72. The normalized spacial score (nSPS) is 13.1. The van der Waals surface area contributed by atoms with Gasteiger partial charge in [0.1, 0.15) is 5.58 Å². The van der Waals surface area contributed by atoms with Crippen molar-refractivity contribution in [2.45, 2.75) is 0 Å². The lowest BCUT2D eigenvalue weighted by atomic mass is 10.2. The predicted molar refractivity (Wildman–Crippen MR) is 55.2 cm³/mol. The molecule has 0 unspecified atom stereocenters. The third kappa shape index (κ3) is 1.14. The number of hydrogen-bond acceptors (Lipinski definition) is 5. The molecular formula is C11H8O5. The van der Waals surface area contributed by atoms with E-state index < -0.39 is 5.63 Å². The monoisotopic (exact) mass is 220 g/mol. The van der Waals surface area contributed by atoms with Crippen LogP contribution in [-0.4, -0.2) is 13.9 Å². The number of fused-ring (bicyclic) bond motifs is 3. The quantitative estimate of drug-likeness (QED) is 0.682. The van der Waals surface area contributed by atoms with Crippen LogP contribution in [0.5, 0.6) is 17.2 Å². The van der Waals surface area contributed by atoms with Crippen molar-refractivity contribution in [1.29, 1.82) is 0 Å². The maximum atomic E-state index is 11.1. The topological polar surface area (TPSA) is 57.9 Å². The molecule has 0 saturated heterocycles. The van der Waals surface area contributed by atoms with E-state index in [9.17, 15) is 4.79 Å². The first kappa shape index (κ1) is 9.08. The molecule has 2 heterocycles. The molecule has 0 amide bonds. The van der Waals surface area contributed by atoms with E-state index in [0.717, 1.165) is 0 Å². The molecule has 0 aliphatic carbocycles. The van der Waals surface area contributed by atoms with E-state index in [4.69, 9.17) is 18.6 Å². The lowest BCUT2D eigenvalue weighted by Crippen LogP contribution is -1.95. The Morgan fingerprint density at radius 3 is 2.88 bits per heavy atom. The minimum absolute atomic E-state index is 0.143. The first-order chi connectivity index (χ1) is 7.79. The number of hydrogen-bond donors (Lipinski definition) is 0. The van der Waals surface area contributed by atoms with E-state index >= 15 is 0 Å². The van der Waals surface area contributed by atoms with Gasteiger partial charge < -0.3 is 18.6 Å². The summed E-state index contributed by atoms with van der Waals surface area (Å²) < 4.78 is 20.8. The average Bonchev–Trinajstić information content (AvgIpc) is 2.76. The lowest BCUT2D eigenvalue weighted by molar-refractivity contribution is 0.172. The molecule has 1 aliphatic heterocycles. The van der Waals surface area contributed by atoms with Crippen molar-refractivity contribution in [3.8, 4) is 17.2 Å². The Bertz CT molecular complexity index is 614. The largest absolute Gasteiger partial charge is 0.493 e. The Labute approximate surface area is 90.1 Å². The summed E-state index contributed by atoms with van der Waals surface area (Å²) in [6, 6.07) is 4.61. The summed E-state index contributed by atoms with van der Waals surface area (Å²) in [4.78, 5) is 11.1. The van der Waals surface area contributed by atoms with Crippen molar-refractivity contribution in [2.24, 2.45) is 0 Å². The Kier molecular flexibility index (Phi) is 1.80. The summed E-state index contributed by atoms with van der Waals surface area (Å²) in [7, 11) is 1.52. The van der Waals surface area contributed by atoms with E-state index in [0.29, 0.717) is 28.2 Å². The van der Waals surface area contributed by atoms with E-state index in [2.05, 4.69) is 0 Å². The number of methoxy groups -OCH3 is 1. The highest BCUT2D eigenvalue weighted by molar-refractivity contribution is 5.89. The van der Waals surface area contributed by atoms with Gasteiger partial charge in [0, 0.05) is 12.1 Å². The average molecular weight is 220 g/mol. The molecule has 1 aromatic heterocycles. The minimum atomic E-state index is -0.409. The molecule has 1 aromatic carbocycles. The van der Waals surface area contributed by atoms with Gasteiger partial charge in [0.15, 0.2) is 11.5 Å². The molecule has 5 nitrogen and oxygen atoms in total. The van der Waals surface area contributed by atoms with Crippen LogP contribution >= 0.6 is 0 Å². The van der Waals surface area contributed by atoms with Gasteiger partial charge in [-0.2, -0.15) is 0 Å². The fourth-order valence-electron chi connectivity index (χ4n) is 1.72. The van der Waals surface area contributed by atoms with Crippen LogP contribution in [0, 0.1) is 0 Å². The van der Waals surface area contributed by atoms with Gasteiger partial charge in [0.2, 0.25) is 12.5 Å². The second kappa shape index (κ2) is 3.16. The predicted octanol–water partition coefficient (Wildman–Crippen LogP) is 1.53. The zero-order valence-corrected chi connectivity index (χ0v) is 8.48. The first-order valence-electron chi connectivity index (χ1n) is 4.70. The maximum Gasteiger partial charge on any atom is 0.336 e. The highest BCUT2D eigenvalue weighted by Gasteiger charge is 2.23. The second-order valence-corrected chi connectivity index (χ2v) is 3.31. The second-order valence-electron chi connectivity index (χ2n) is 3.31. The summed E-state index contributed by atoms with van der Waals surface area (Å²) in [5, 5.41) is 0.702. The maximum absolute atomic E-state index is 11.1. The van der Waals surface area contributed by atoms with Gasteiger partial charge in [-0.05, 0) is 6.07 Å². The molecule has 1 aliphatic rings. The lowest BCUT2D eigenvalue weighted by Gasteiger charge is -2.06. The molecule has 2 aromatic rings. The number of rotatable bonds is 1. The molecule has 82 valence electrons. The molecular weight excluding hydrogens is 212 g/mol. The number of benzene rings is 1. The van der Waals surface area contributed by atoms with Crippen LogP contribution in [-0.2, 0) is 0 Å². The third-order valence-corrected chi connectivity index (χ3v) is 2.43. The van der Waals surface area contributed by atoms with Crippen LogP contribution < -0.4 is 19.8 Å². The van der Waals surface area contributed by atoms with Crippen molar-refractivity contribution < 1.29 is 18.6 Å². The van der Waals surface area contributed by atoms with Crippen molar-refractivity contribution in [1.82, 2.24) is 0 Å². The molecule has 5 heteroatoms. The zero-order valence-electron chi connectivity index (χ0n) is 8.48. The van der Waals surface area contributed by atoms with Crippen LogP contribution in [0.15, 0.2) is 27.4 Å². The molecule has 3 rings (SSSR count). The molecule has 0 saturated carbocycles. The SMILES string of the molecule is COc1cc2oc(=O)ccc2c2c1OCO2. The Morgan fingerprint density at radius 2 is 2.06 bits per heavy atom. The van der Waals surface area contributed by atoms with Crippen LogP contribution in [0.4, 0.5) is 0 Å².